The quantitative estimate of drug-likeness (QED) is 0.746. The predicted octanol–water partition coefficient (Wildman–Crippen LogP) is 0.398. The average molecular weight is 276 g/mol. The summed E-state index contributed by atoms with van der Waals surface area (Å²) in [6.07, 6.45) is 3.14. The second kappa shape index (κ2) is 4.58. The molecule has 0 spiro atoms. The Kier molecular flexibility index (Phi) is 3.30. The van der Waals surface area contributed by atoms with Gasteiger partial charge < -0.3 is 4.90 Å². The van der Waals surface area contributed by atoms with Gasteiger partial charge in [0.1, 0.15) is 0 Å². The Balaban J connectivity index is 2.11. The molecule has 1 aromatic rings. The van der Waals surface area contributed by atoms with E-state index in [4.69, 9.17) is 10.7 Å². The molecule has 8 heteroatoms. The molecular formula is C9H10ClN3O3S. The van der Waals surface area contributed by atoms with Gasteiger partial charge in [-0.3, -0.25) is 4.79 Å². The maximum atomic E-state index is 11.7. The number of rotatable bonds is 3. The summed E-state index contributed by atoms with van der Waals surface area (Å²) in [6.45, 7) is 0.344. The summed E-state index contributed by atoms with van der Waals surface area (Å²) in [6, 6.07) is 1.66. The number of aromatic nitrogens is 2. The van der Waals surface area contributed by atoms with E-state index >= 15 is 0 Å². The minimum absolute atomic E-state index is 0.122. The minimum atomic E-state index is -3.57. The van der Waals surface area contributed by atoms with Crippen molar-refractivity contribution in [2.45, 2.75) is 6.42 Å². The molecule has 1 aromatic heterocycles. The third kappa shape index (κ3) is 3.13. The van der Waals surface area contributed by atoms with Crippen LogP contribution in [0.3, 0.4) is 0 Å². The van der Waals surface area contributed by atoms with Gasteiger partial charge in [-0.1, -0.05) is 0 Å². The van der Waals surface area contributed by atoms with Crippen molar-refractivity contribution in [3.05, 3.63) is 18.5 Å². The molecule has 1 fully saturated rings. The second-order valence-corrected chi connectivity index (χ2v) is 6.70. The van der Waals surface area contributed by atoms with Crippen LogP contribution >= 0.6 is 10.7 Å². The highest BCUT2D eigenvalue weighted by atomic mass is 35.7. The van der Waals surface area contributed by atoms with Crippen LogP contribution in [0.5, 0.6) is 0 Å². The van der Waals surface area contributed by atoms with Crippen LogP contribution in [-0.2, 0) is 13.8 Å². The van der Waals surface area contributed by atoms with E-state index in [2.05, 4.69) is 10.2 Å². The van der Waals surface area contributed by atoms with E-state index in [1.54, 1.807) is 6.07 Å². The fraction of sp³-hybridized carbons (Fsp3) is 0.444. The van der Waals surface area contributed by atoms with Gasteiger partial charge in [0, 0.05) is 29.6 Å². The first kappa shape index (κ1) is 12.3. The molecule has 1 aliphatic rings. The van der Waals surface area contributed by atoms with Crippen molar-refractivity contribution in [1.82, 2.24) is 10.2 Å². The van der Waals surface area contributed by atoms with Crippen molar-refractivity contribution in [3.63, 3.8) is 0 Å². The van der Waals surface area contributed by atoms with E-state index in [-0.39, 0.29) is 24.0 Å². The molecule has 0 aliphatic carbocycles. The van der Waals surface area contributed by atoms with Crippen LogP contribution in [0.2, 0.25) is 0 Å². The summed E-state index contributed by atoms with van der Waals surface area (Å²) >= 11 is 0. The van der Waals surface area contributed by atoms with Crippen molar-refractivity contribution in [2.24, 2.45) is 5.92 Å². The van der Waals surface area contributed by atoms with Crippen LogP contribution < -0.4 is 4.90 Å². The molecule has 1 atom stereocenters. The Morgan fingerprint density at radius 1 is 1.47 bits per heavy atom. The van der Waals surface area contributed by atoms with Crippen LogP contribution in [-0.4, -0.2) is 36.8 Å². The zero-order chi connectivity index (χ0) is 12.5. The number of carbonyl (C=O) groups excluding carboxylic acids is 1. The van der Waals surface area contributed by atoms with Gasteiger partial charge >= 0.3 is 0 Å². The van der Waals surface area contributed by atoms with Crippen molar-refractivity contribution in [3.8, 4) is 0 Å². The average Bonchev–Trinajstić information content (AvgIpc) is 2.58. The van der Waals surface area contributed by atoms with E-state index in [0.29, 0.717) is 12.2 Å². The van der Waals surface area contributed by atoms with E-state index in [0.717, 1.165) is 0 Å². The van der Waals surface area contributed by atoms with Crippen molar-refractivity contribution < 1.29 is 13.2 Å². The van der Waals surface area contributed by atoms with Gasteiger partial charge in [0.15, 0.2) is 0 Å². The number of amides is 1. The van der Waals surface area contributed by atoms with Gasteiger partial charge in [0.2, 0.25) is 15.0 Å². The van der Waals surface area contributed by atoms with E-state index in [9.17, 15) is 13.2 Å². The third-order valence-corrected chi connectivity index (χ3v) is 3.77. The molecule has 1 unspecified atom stereocenters. The highest BCUT2D eigenvalue weighted by molar-refractivity contribution is 8.13. The maximum Gasteiger partial charge on any atom is 0.232 e. The highest BCUT2D eigenvalue weighted by Gasteiger charge is 2.33. The molecule has 0 saturated carbocycles. The number of nitrogens with zero attached hydrogens (tertiary/aromatic N) is 3. The normalized spacial score (nSPS) is 20.9. The Hall–Kier alpha value is -1.21. The lowest BCUT2D eigenvalue weighted by molar-refractivity contribution is -0.117. The molecule has 0 N–H and O–H groups in total. The predicted molar refractivity (Wildman–Crippen MR) is 62.1 cm³/mol. The fourth-order valence-electron chi connectivity index (χ4n) is 1.87. The molecule has 0 radical (unpaired) electrons. The highest BCUT2D eigenvalue weighted by Crippen LogP contribution is 2.25. The van der Waals surface area contributed by atoms with Crippen LogP contribution in [0.4, 0.5) is 5.69 Å². The first-order valence-corrected chi connectivity index (χ1v) is 7.43. The molecule has 1 aliphatic heterocycles. The molecule has 17 heavy (non-hydrogen) atoms. The summed E-state index contributed by atoms with van der Waals surface area (Å²) in [7, 11) is 1.60. The Morgan fingerprint density at radius 2 is 2.24 bits per heavy atom. The van der Waals surface area contributed by atoms with E-state index < -0.39 is 9.05 Å². The zero-order valence-corrected chi connectivity index (χ0v) is 10.4. The minimum Gasteiger partial charge on any atom is -0.310 e. The van der Waals surface area contributed by atoms with Gasteiger partial charge in [-0.25, -0.2) is 8.42 Å². The van der Waals surface area contributed by atoms with Crippen LogP contribution in [0.25, 0.3) is 0 Å². The summed E-state index contributed by atoms with van der Waals surface area (Å²) in [5, 5.41) is 7.29. The van der Waals surface area contributed by atoms with Crippen molar-refractivity contribution >= 4 is 31.3 Å². The molecule has 92 valence electrons. The first-order valence-electron chi connectivity index (χ1n) is 4.95. The van der Waals surface area contributed by atoms with Gasteiger partial charge in [-0.2, -0.15) is 10.2 Å². The summed E-state index contributed by atoms with van der Waals surface area (Å²) in [4.78, 5) is 13.2. The van der Waals surface area contributed by atoms with Crippen LogP contribution in [0.1, 0.15) is 6.42 Å². The molecule has 6 nitrogen and oxygen atoms in total. The SMILES string of the molecule is O=C1CC(CS(=O)(=O)Cl)CN1c1ccnnc1. The van der Waals surface area contributed by atoms with Crippen molar-refractivity contribution in [1.29, 1.82) is 0 Å². The standard InChI is InChI=1S/C9H10ClN3O3S/c10-17(15,16)6-7-3-9(14)13(5-7)8-1-2-11-12-4-8/h1-2,4,7H,3,5-6H2. The lowest BCUT2D eigenvalue weighted by atomic mass is 10.1. The second-order valence-electron chi connectivity index (χ2n) is 3.88. The molecule has 2 rings (SSSR count). The monoisotopic (exact) mass is 275 g/mol. The van der Waals surface area contributed by atoms with Crippen LogP contribution in [0.15, 0.2) is 18.5 Å². The molecule has 1 saturated heterocycles. The maximum absolute atomic E-state index is 11.7. The fourth-order valence-corrected chi connectivity index (χ4v) is 3.19. The molecular weight excluding hydrogens is 266 g/mol. The molecule has 0 aromatic carbocycles. The zero-order valence-electron chi connectivity index (χ0n) is 8.78. The number of hydrogen-bond acceptors (Lipinski definition) is 5. The van der Waals surface area contributed by atoms with Gasteiger partial charge in [0.25, 0.3) is 0 Å². The Labute approximate surface area is 103 Å². The van der Waals surface area contributed by atoms with Crippen LogP contribution in [0, 0.1) is 5.92 Å². The molecule has 2 heterocycles. The lowest BCUT2D eigenvalue weighted by Gasteiger charge is -2.15. The first-order chi connectivity index (χ1) is 7.96. The number of carbonyl (C=O) groups is 1. The van der Waals surface area contributed by atoms with Gasteiger partial charge in [-0.15, -0.1) is 0 Å². The number of halogens is 1. The topological polar surface area (TPSA) is 80.2 Å². The Bertz CT molecular complexity index is 520. The van der Waals surface area contributed by atoms with Crippen molar-refractivity contribution in [2.75, 3.05) is 17.2 Å². The van der Waals surface area contributed by atoms with E-state index in [1.165, 1.54) is 17.3 Å². The summed E-state index contributed by atoms with van der Waals surface area (Å²) in [5.41, 5.74) is 0.625. The van der Waals surface area contributed by atoms with E-state index in [1.807, 2.05) is 0 Å². The molecule has 1 amide bonds. The smallest absolute Gasteiger partial charge is 0.232 e. The van der Waals surface area contributed by atoms with Gasteiger partial charge in [0.05, 0.1) is 23.8 Å². The number of anilines is 1. The summed E-state index contributed by atoms with van der Waals surface area (Å²) in [5.74, 6) is -0.573. The Morgan fingerprint density at radius 3 is 2.82 bits per heavy atom. The van der Waals surface area contributed by atoms with Gasteiger partial charge in [-0.05, 0) is 6.07 Å². The lowest BCUT2D eigenvalue weighted by Crippen LogP contribution is -2.25. The number of hydrogen-bond donors (Lipinski definition) is 0. The summed E-state index contributed by atoms with van der Waals surface area (Å²) < 4.78 is 21.9. The molecule has 0 bridgehead atoms. The third-order valence-electron chi connectivity index (χ3n) is 2.52. The largest absolute Gasteiger partial charge is 0.310 e.